The Morgan fingerprint density at radius 3 is 2.39 bits per heavy atom. The number of carbonyl (C=O) groups excluding carboxylic acids is 2. The van der Waals surface area contributed by atoms with Crippen molar-refractivity contribution in [2.75, 3.05) is 39.3 Å². The van der Waals surface area contributed by atoms with Gasteiger partial charge in [0.15, 0.2) is 6.61 Å². The molecular weight excluding hydrogens is 294 g/mol. The van der Waals surface area contributed by atoms with Gasteiger partial charge in [-0.3, -0.25) is 14.5 Å². The number of ether oxygens (including phenoxy) is 1. The fourth-order valence-corrected chi connectivity index (χ4v) is 2.48. The van der Waals surface area contributed by atoms with Gasteiger partial charge >= 0.3 is 0 Å². The summed E-state index contributed by atoms with van der Waals surface area (Å²) in [6.45, 7) is 7.02. The molecular formula is C17H25N3O3. The molecule has 6 nitrogen and oxygen atoms in total. The van der Waals surface area contributed by atoms with Gasteiger partial charge in [0.25, 0.3) is 5.91 Å². The molecule has 1 aromatic rings. The molecule has 1 heterocycles. The average molecular weight is 319 g/mol. The van der Waals surface area contributed by atoms with Crippen molar-refractivity contribution in [3.05, 3.63) is 30.3 Å². The Labute approximate surface area is 137 Å². The molecule has 6 heteroatoms. The second-order valence-electron chi connectivity index (χ2n) is 5.98. The van der Waals surface area contributed by atoms with E-state index < -0.39 is 0 Å². The highest BCUT2D eigenvalue weighted by atomic mass is 16.5. The van der Waals surface area contributed by atoms with Crippen molar-refractivity contribution in [1.82, 2.24) is 15.1 Å². The third kappa shape index (κ3) is 5.90. The summed E-state index contributed by atoms with van der Waals surface area (Å²) < 4.78 is 5.49. The maximum atomic E-state index is 12.1. The van der Waals surface area contributed by atoms with Gasteiger partial charge in [-0.25, -0.2) is 0 Å². The first-order valence-electron chi connectivity index (χ1n) is 8.02. The molecule has 1 aromatic carbocycles. The number of piperazine rings is 1. The Bertz CT molecular complexity index is 511. The van der Waals surface area contributed by atoms with E-state index in [0.717, 1.165) is 0 Å². The quantitative estimate of drug-likeness (QED) is 0.840. The molecule has 0 spiro atoms. The largest absolute Gasteiger partial charge is 0.484 e. The van der Waals surface area contributed by atoms with Crippen LogP contribution in [0.5, 0.6) is 5.75 Å². The lowest BCUT2D eigenvalue weighted by Gasteiger charge is -2.34. The number of para-hydroxylation sites is 1. The highest BCUT2D eigenvalue weighted by molar-refractivity contribution is 5.79. The lowest BCUT2D eigenvalue weighted by Crippen LogP contribution is -2.52. The zero-order valence-electron chi connectivity index (χ0n) is 13.8. The smallest absolute Gasteiger partial charge is 0.260 e. The fourth-order valence-electron chi connectivity index (χ4n) is 2.48. The van der Waals surface area contributed by atoms with Crippen LogP contribution in [0.1, 0.15) is 13.8 Å². The molecule has 0 bridgehead atoms. The molecule has 1 N–H and O–H groups in total. The van der Waals surface area contributed by atoms with Crippen LogP contribution in [-0.4, -0.2) is 67.0 Å². The number of amides is 2. The standard InChI is InChI=1S/C17H25N3O3/c1-14(2)18-16(21)12-19-8-10-20(11-9-19)17(22)13-23-15-6-4-3-5-7-15/h3-7,14H,8-13H2,1-2H3,(H,18,21). The van der Waals surface area contributed by atoms with Gasteiger partial charge in [0.2, 0.25) is 5.91 Å². The lowest BCUT2D eigenvalue weighted by molar-refractivity contribution is -0.135. The molecule has 0 radical (unpaired) electrons. The van der Waals surface area contributed by atoms with E-state index in [-0.39, 0.29) is 24.5 Å². The molecule has 2 amide bonds. The van der Waals surface area contributed by atoms with Crippen LogP contribution >= 0.6 is 0 Å². The van der Waals surface area contributed by atoms with Crippen LogP contribution in [0.4, 0.5) is 0 Å². The van der Waals surface area contributed by atoms with Crippen molar-refractivity contribution >= 4 is 11.8 Å². The summed E-state index contributed by atoms with van der Waals surface area (Å²) in [5.74, 6) is 0.720. The first-order chi connectivity index (χ1) is 11.0. The van der Waals surface area contributed by atoms with Gasteiger partial charge in [-0.2, -0.15) is 0 Å². The molecule has 0 saturated carbocycles. The maximum absolute atomic E-state index is 12.1. The normalized spacial score (nSPS) is 15.5. The van der Waals surface area contributed by atoms with Gasteiger partial charge in [-0.15, -0.1) is 0 Å². The van der Waals surface area contributed by atoms with Crippen LogP contribution < -0.4 is 10.1 Å². The van der Waals surface area contributed by atoms with E-state index in [1.165, 1.54) is 0 Å². The van der Waals surface area contributed by atoms with Crippen LogP contribution in [0.25, 0.3) is 0 Å². The maximum Gasteiger partial charge on any atom is 0.260 e. The molecule has 0 unspecified atom stereocenters. The summed E-state index contributed by atoms with van der Waals surface area (Å²) >= 11 is 0. The van der Waals surface area contributed by atoms with Crippen molar-refractivity contribution in [2.24, 2.45) is 0 Å². The minimum absolute atomic E-state index is 0.0138. The van der Waals surface area contributed by atoms with Gasteiger partial charge < -0.3 is 15.0 Å². The highest BCUT2D eigenvalue weighted by Gasteiger charge is 2.22. The van der Waals surface area contributed by atoms with E-state index in [2.05, 4.69) is 10.2 Å². The fraction of sp³-hybridized carbons (Fsp3) is 0.529. The molecule has 126 valence electrons. The van der Waals surface area contributed by atoms with E-state index >= 15 is 0 Å². The van der Waals surface area contributed by atoms with Gasteiger partial charge in [-0.05, 0) is 26.0 Å². The zero-order valence-corrected chi connectivity index (χ0v) is 13.8. The number of hydrogen-bond donors (Lipinski definition) is 1. The second-order valence-corrected chi connectivity index (χ2v) is 5.98. The van der Waals surface area contributed by atoms with E-state index in [4.69, 9.17) is 4.74 Å². The minimum Gasteiger partial charge on any atom is -0.484 e. The highest BCUT2D eigenvalue weighted by Crippen LogP contribution is 2.09. The molecule has 0 aliphatic carbocycles. The van der Waals surface area contributed by atoms with Crippen molar-refractivity contribution in [3.8, 4) is 5.75 Å². The summed E-state index contributed by atoms with van der Waals surface area (Å²) in [5.41, 5.74) is 0. The van der Waals surface area contributed by atoms with Crippen LogP contribution in [-0.2, 0) is 9.59 Å². The van der Waals surface area contributed by atoms with Crippen LogP contribution in [0.3, 0.4) is 0 Å². The molecule has 23 heavy (non-hydrogen) atoms. The van der Waals surface area contributed by atoms with Gasteiger partial charge in [0.1, 0.15) is 5.75 Å². The lowest BCUT2D eigenvalue weighted by atomic mass is 10.3. The van der Waals surface area contributed by atoms with Crippen molar-refractivity contribution in [1.29, 1.82) is 0 Å². The number of nitrogens with zero attached hydrogens (tertiary/aromatic N) is 2. The predicted octanol–water partition coefficient (Wildman–Crippen LogP) is 0.734. The third-order valence-corrected chi connectivity index (χ3v) is 3.65. The number of hydrogen-bond acceptors (Lipinski definition) is 4. The second kappa shape index (κ2) is 8.53. The molecule has 0 atom stereocenters. The Balaban J connectivity index is 1.69. The summed E-state index contributed by atoms with van der Waals surface area (Å²) in [5, 5.41) is 2.88. The average Bonchev–Trinajstić information content (AvgIpc) is 2.53. The van der Waals surface area contributed by atoms with E-state index in [1.54, 1.807) is 4.90 Å². The summed E-state index contributed by atoms with van der Waals surface area (Å²) in [6, 6.07) is 9.47. The minimum atomic E-state index is -0.0138. The molecule has 1 fully saturated rings. The Morgan fingerprint density at radius 1 is 1.13 bits per heavy atom. The van der Waals surface area contributed by atoms with E-state index in [0.29, 0.717) is 38.5 Å². The summed E-state index contributed by atoms with van der Waals surface area (Å²) in [6.07, 6.45) is 0. The number of rotatable bonds is 6. The Hall–Kier alpha value is -2.08. The van der Waals surface area contributed by atoms with Gasteiger partial charge in [0, 0.05) is 32.2 Å². The number of nitrogens with one attached hydrogen (secondary N) is 1. The monoisotopic (exact) mass is 319 g/mol. The van der Waals surface area contributed by atoms with E-state index in [1.807, 2.05) is 44.2 Å². The van der Waals surface area contributed by atoms with Gasteiger partial charge in [0.05, 0.1) is 6.54 Å². The topological polar surface area (TPSA) is 61.9 Å². The van der Waals surface area contributed by atoms with Crippen LogP contribution in [0.2, 0.25) is 0 Å². The number of carbonyl (C=O) groups is 2. The summed E-state index contributed by atoms with van der Waals surface area (Å²) in [7, 11) is 0. The van der Waals surface area contributed by atoms with E-state index in [9.17, 15) is 9.59 Å². The number of benzene rings is 1. The van der Waals surface area contributed by atoms with Crippen molar-refractivity contribution < 1.29 is 14.3 Å². The third-order valence-electron chi connectivity index (χ3n) is 3.65. The molecule has 1 saturated heterocycles. The SMILES string of the molecule is CC(C)NC(=O)CN1CCN(C(=O)COc2ccccc2)CC1. The molecule has 1 aliphatic heterocycles. The van der Waals surface area contributed by atoms with Crippen molar-refractivity contribution in [3.63, 3.8) is 0 Å². The first kappa shape index (κ1) is 17.3. The van der Waals surface area contributed by atoms with Gasteiger partial charge in [-0.1, -0.05) is 18.2 Å². The predicted molar refractivity (Wildman–Crippen MR) is 88.2 cm³/mol. The van der Waals surface area contributed by atoms with Crippen LogP contribution in [0, 0.1) is 0 Å². The Kier molecular flexibility index (Phi) is 6.40. The zero-order chi connectivity index (χ0) is 16.7. The first-order valence-corrected chi connectivity index (χ1v) is 8.02. The molecule has 0 aromatic heterocycles. The van der Waals surface area contributed by atoms with Crippen LogP contribution in [0.15, 0.2) is 30.3 Å². The summed E-state index contributed by atoms with van der Waals surface area (Å²) in [4.78, 5) is 27.8. The molecule has 1 aliphatic rings. The Morgan fingerprint density at radius 2 is 1.78 bits per heavy atom. The molecule has 2 rings (SSSR count). The van der Waals surface area contributed by atoms with Crippen molar-refractivity contribution in [2.45, 2.75) is 19.9 Å².